The summed E-state index contributed by atoms with van der Waals surface area (Å²) in [6, 6.07) is 11.2. The topological polar surface area (TPSA) is 39.2 Å². The summed E-state index contributed by atoms with van der Waals surface area (Å²) in [6.07, 6.45) is 3.07. The smallest absolute Gasteiger partial charge is 0.339 e. The Bertz CT molecular complexity index is 796. The lowest BCUT2D eigenvalue weighted by Crippen LogP contribution is -2.01. The van der Waals surface area contributed by atoms with Gasteiger partial charge in [-0.05, 0) is 6.07 Å². The molecule has 2 aliphatic carbocycles. The molecular formula is C17H11Cl2NO2. The number of rotatable bonds is 2. The molecule has 1 aromatic rings. The Morgan fingerprint density at radius 2 is 1.68 bits per heavy atom. The molecule has 0 fully saturated rings. The molecule has 22 heavy (non-hydrogen) atoms. The second-order valence-corrected chi connectivity index (χ2v) is 5.45. The Balaban J connectivity index is 2.24. The SMILES string of the molecule is COC(=O)c1cncc(-c2c(Cl)c3cccccc-3c2Cl)c1. The molecule has 0 spiro atoms. The number of aromatic nitrogens is 1. The molecule has 0 amide bonds. The summed E-state index contributed by atoms with van der Waals surface area (Å²) in [6.45, 7) is 0. The monoisotopic (exact) mass is 331 g/mol. The van der Waals surface area contributed by atoms with Gasteiger partial charge >= 0.3 is 5.97 Å². The molecule has 0 N–H and O–H groups in total. The van der Waals surface area contributed by atoms with Crippen molar-refractivity contribution < 1.29 is 9.53 Å². The minimum absolute atomic E-state index is 0.350. The molecule has 1 aromatic heterocycles. The first-order valence-corrected chi connectivity index (χ1v) is 7.28. The van der Waals surface area contributed by atoms with E-state index in [1.54, 1.807) is 12.3 Å². The van der Waals surface area contributed by atoms with Crippen LogP contribution < -0.4 is 0 Å². The van der Waals surface area contributed by atoms with Crippen LogP contribution in [-0.2, 0) is 4.74 Å². The van der Waals surface area contributed by atoms with Crippen molar-refractivity contribution in [2.45, 2.75) is 0 Å². The van der Waals surface area contributed by atoms with Gasteiger partial charge in [0.25, 0.3) is 0 Å². The normalized spacial score (nSPS) is 10.7. The second kappa shape index (κ2) is 5.95. The van der Waals surface area contributed by atoms with Crippen molar-refractivity contribution in [1.82, 2.24) is 4.98 Å². The van der Waals surface area contributed by atoms with E-state index in [0.29, 0.717) is 26.7 Å². The zero-order valence-corrected chi connectivity index (χ0v) is 13.2. The van der Waals surface area contributed by atoms with Gasteiger partial charge in [-0.3, -0.25) is 4.98 Å². The highest BCUT2D eigenvalue weighted by Crippen LogP contribution is 2.48. The molecule has 1 heterocycles. The van der Waals surface area contributed by atoms with E-state index in [9.17, 15) is 4.79 Å². The third-order valence-corrected chi connectivity index (χ3v) is 4.18. The van der Waals surface area contributed by atoms with Gasteiger partial charge in [-0.25, -0.2) is 4.79 Å². The number of ether oxygens (including phenoxy) is 1. The van der Waals surface area contributed by atoms with E-state index in [1.807, 2.05) is 30.3 Å². The number of methoxy groups -OCH3 is 1. The lowest BCUT2D eigenvalue weighted by Gasteiger charge is -2.04. The quantitative estimate of drug-likeness (QED) is 0.624. The average Bonchev–Trinajstić information content (AvgIpc) is 2.73. The van der Waals surface area contributed by atoms with Crippen molar-refractivity contribution in [3.8, 4) is 22.3 Å². The van der Waals surface area contributed by atoms with Gasteiger partial charge in [0.05, 0.1) is 22.7 Å². The third-order valence-electron chi connectivity index (χ3n) is 3.40. The summed E-state index contributed by atoms with van der Waals surface area (Å²) >= 11 is 13.0. The molecule has 5 heteroatoms. The number of pyridine rings is 1. The molecule has 0 bridgehead atoms. The summed E-state index contributed by atoms with van der Waals surface area (Å²) in [5.41, 5.74) is 3.41. The maximum Gasteiger partial charge on any atom is 0.339 e. The largest absolute Gasteiger partial charge is 0.465 e. The summed E-state index contributed by atoms with van der Waals surface area (Å²) in [7, 11) is 1.33. The third kappa shape index (κ3) is 2.43. The number of halogens is 2. The van der Waals surface area contributed by atoms with Gasteiger partial charge < -0.3 is 4.74 Å². The number of nitrogens with zero attached hydrogens (tertiary/aromatic N) is 1. The number of fused-ring (bicyclic) bond motifs is 1. The van der Waals surface area contributed by atoms with Gasteiger partial charge in [0.15, 0.2) is 0 Å². The van der Waals surface area contributed by atoms with Gasteiger partial charge in [0, 0.05) is 34.6 Å². The minimum atomic E-state index is -0.455. The van der Waals surface area contributed by atoms with E-state index < -0.39 is 5.97 Å². The highest BCUT2D eigenvalue weighted by molar-refractivity contribution is 6.44. The average molecular weight is 332 g/mol. The van der Waals surface area contributed by atoms with Gasteiger partial charge in [0.2, 0.25) is 0 Å². The molecule has 0 aromatic carbocycles. The summed E-state index contributed by atoms with van der Waals surface area (Å²) in [5.74, 6) is -0.455. The van der Waals surface area contributed by atoms with Crippen LogP contribution in [0, 0.1) is 0 Å². The van der Waals surface area contributed by atoms with Gasteiger partial charge in [0.1, 0.15) is 0 Å². The van der Waals surface area contributed by atoms with E-state index in [2.05, 4.69) is 4.98 Å². The molecule has 3 rings (SSSR count). The van der Waals surface area contributed by atoms with E-state index in [4.69, 9.17) is 27.9 Å². The molecule has 0 saturated heterocycles. The summed E-state index contributed by atoms with van der Waals surface area (Å²) < 4.78 is 4.71. The summed E-state index contributed by atoms with van der Waals surface area (Å²) in [4.78, 5) is 15.7. The molecule has 0 saturated carbocycles. The molecule has 3 nitrogen and oxygen atoms in total. The minimum Gasteiger partial charge on any atom is -0.465 e. The van der Waals surface area contributed by atoms with Crippen LogP contribution in [0.3, 0.4) is 0 Å². The molecule has 0 aliphatic heterocycles. The fourth-order valence-electron chi connectivity index (χ4n) is 2.36. The predicted molar refractivity (Wildman–Crippen MR) is 87.7 cm³/mol. The van der Waals surface area contributed by atoms with Gasteiger partial charge in [-0.15, -0.1) is 0 Å². The first-order valence-electron chi connectivity index (χ1n) is 6.53. The van der Waals surface area contributed by atoms with E-state index in [0.717, 1.165) is 11.1 Å². The van der Waals surface area contributed by atoms with Gasteiger partial charge in [-0.2, -0.15) is 0 Å². The molecular weight excluding hydrogens is 321 g/mol. The van der Waals surface area contributed by atoms with Crippen LogP contribution in [0.2, 0.25) is 10.0 Å². The Hall–Kier alpha value is -2.10. The van der Waals surface area contributed by atoms with Crippen molar-refractivity contribution >= 4 is 29.2 Å². The zero-order valence-electron chi connectivity index (χ0n) is 11.6. The summed E-state index contributed by atoms with van der Waals surface area (Å²) in [5, 5.41) is 1.08. The Labute approximate surface area is 137 Å². The number of carbonyl (C=O) groups excluding carboxylic acids is 1. The fraction of sp³-hybridized carbons (Fsp3) is 0.0588. The van der Waals surface area contributed by atoms with Crippen LogP contribution in [0.15, 0.2) is 48.8 Å². The maximum atomic E-state index is 11.7. The standard InChI is InChI=1S/C17H11Cl2NO2/c1-22-17(21)11-7-10(8-20-9-11)14-15(18)12-5-3-2-4-6-13(12)16(14)19/h2-9H,1H3. The first-order chi connectivity index (χ1) is 10.6. The highest BCUT2D eigenvalue weighted by atomic mass is 35.5. The van der Waals surface area contributed by atoms with Crippen molar-refractivity contribution in [1.29, 1.82) is 0 Å². The van der Waals surface area contributed by atoms with Crippen LogP contribution in [0.4, 0.5) is 0 Å². The maximum absolute atomic E-state index is 11.7. The molecule has 0 radical (unpaired) electrons. The highest BCUT2D eigenvalue weighted by Gasteiger charge is 2.22. The Kier molecular flexibility index (Phi) is 4.01. The van der Waals surface area contributed by atoms with Crippen LogP contribution in [0.5, 0.6) is 0 Å². The van der Waals surface area contributed by atoms with Crippen LogP contribution in [-0.4, -0.2) is 18.1 Å². The van der Waals surface area contributed by atoms with Crippen LogP contribution in [0.1, 0.15) is 10.4 Å². The molecule has 2 aliphatic rings. The molecule has 0 atom stereocenters. The molecule has 110 valence electrons. The van der Waals surface area contributed by atoms with Crippen LogP contribution in [0.25, 0.3) is 22.3 Å². The van der Waals surface area contributed by atoms with E-state index >= 15 is 0 Å². The van der Waals surface area contributed by atoms with E-state index in [1.165, 1.54) is 13.3 Å². The van der Waals surface area contributed by atoms with Crippen LogP contribution >= 0.6 is 23.2 Å². The van der Waals surface area contributed by atoms with Crippen molar-refractivity contribution in [3.05, 3.63) is 64.4 Å². The van der Waals surface area contributed by atoms with Gasteiger partial charge in [-0.1, -0.05) is 53.5 Å². The second-order valence-electron chi connectivity index (χ2n) is 4.69. The first kappa shape index (κ1) is 14.8. The lowest BCUT2D eigenvalue weighted by atomic mass is 10.1. The number of hydrogen-bond acceptors (Lipinski definition) is 3. The number of hydrogen-bond donors (Lipinski definition) is 0. The fourth-order valence-corrected chi connectivity index (χ4v) is 3.14. The molecule has 0 unspecified atom stereocenters. The Morgan fingerprint density at radius 1 is 1.05 bits per heavy atom. The lowest BCUT2D eigenvalue weighted by molar-refractivity contribution is 0.0600. The van der Waals surface area contributed by atoms with Crippen molar-refractivity contribution in [3.63, 3.8) is 0 Å². The predicted octanol–water partition coefficient (Wildman–Crippen LogP) is 4.95. The van der Waals surface area contributed by atoms with E-state index in [-0.39, 0.29) is 0 Å². The number of esters is 1. The Morgan fingerprint density at radius 3 is 2.27 bits per heavy atom. The zero-order chi connectivity index (χ0) is 15.7. The number of carbonyl (C=O) groups is 1. The van der Waals surface area contributed by atoms with Crippen molar-refractivity contribution in [2.75, 3.05) is 7.11 Å². The van der Waals surface area contributed by atoms with Crippen molar-refractivity contribution in [2.24, 2.45) is 0 Å².